The lowest BCUT2D eigenvalue weighted by atomic mass is 10.2. The highest BCUT2D eigenvalue weighted by Crippen LogP contribution is 2.20. The zero-order chi connectivity index (χ0) is 7.56. The molecule has 0 aliphatic rings. The summed E-state index contributed by atoms with van der Waals surface area (Å²) in [5.74, 6) is 0. The Labute approximate surface area is 71.6 Å². The molecule has 0 amide bonds. The third kappa shape index (κ3) is 1.68. The molecule has 1 aromatic carbocycles. The van der Waals surface area contributed by atoms with Crippen molar-refractivity contribution in [3.63, 3.8) is 0 Å². The van der Waals surface area contributed by atoms with Crippen LogP contribution in [-0.2, 0) is 6.42 Å². The normalized spacial score (nSPS) is 9.90. The summed E-state index contributed by atoms with van der Waals surface area (Å²) in [6, 6.07) is 5.89. The Bertz CT molecular complexity index is 233. The first kappa shape index (κ1) is 7.96. The Kier molecular flexibility index (Phi) is 2.64. The Morgan fingerprint density at radius 1 is 1.50 bits per heavy atom. The first-order valence-electron chi connectivity index (χ1n) is 3.21. The monoisotopic (exact) mass is 172 g/mol. The number of rotatable bonds is 1. The van der Waals surface area contributed by atoms with Gasteiger partial charge in [0.2, 0.25) is 0 Å². The van der Waals surface area contributed by atoms with Crippen molar-refractivity contribution >= 4 is 24.2 Å². The molecule has 0 bridgehead atoms. The fourth-order valence-corrected chi connectivity index (χ4v) is 1.14. The van der Waals surface area contributed by atoms with E-state index in [1.54, 1.807) is 0 Å². The van der Waals surface area contributed by atoms with E-state index >= 15 is 0 Å². The van der Waals surface area contributed by atoms with Crippen LogP contribution in [0.4, 0.5) is 0 Å². The van der Waals surface area contributed by atoms with Crippen molar-refractivity contribution in [1.29, 1.82) is 0 Å². The molecular weight excluding hydrogens is 164 g/mol. The van der Waals surface area contributed by atoms with Crippen molar-refractivity contribution in [3.05, 3.63) is 28.8 Å². The van der Waals surface area contributed by atoms with Gasteiger partial charge >= 0.3 is 0 Å². The van der Waals surface area contributed by atoms with E-state index in [1.807, 2.05) is 18.2 Å². The minimum absolute atomic E-state index is 0.723. The molecule has 0 spiro atoms. The van der Waals surface area contributed by atoms with Crippen LogP contribution in [0.3, 0.4) is 0 Å². The van der Waals surface area contributed by atoms with Crippen molar-refractivity contribution in [2.75, 3.05) is 0 Å². The SMILES string of the molecule is CCc1ccc(Cl)c(S)c1. The standard InChI is InChI=1S/C8H9ClS/c1-2-6-3-4-7(9)8(10)5-6/h3-5,10H,2H2,1H3. The second kappa shape index (κ2) is 3.31. The predicted molar refractivity (Wildman–Crippen MR) is 48.1 cm³/mol. The van der Waals surface area contributed by atoms with E-state index in [-0.39, 0.29) is 0 Å². The van der Waals surface area contributed by atoms with E-state index in [1.165, 1.54) is 5.56 Å². The topological polar surface area (TPSA) is 0 Å². The van der Waals surface area contributed by atoms with Crippen LogP contribution in [0.5, 0.6) is 0 Å². The van der Waals surface area contributed by atoms with Gasteiger partial charge in [-0.15, -0.1) is 12.6 Å². The van der Waals surface area contributed by atoms with E-state index < -0.39 is 0 Å². The second-order valence-electron chi connectivity index (χ2n) is 2.14. The Hall–Kier alpha value is -0.140. The summed E-state index contributed by atoms with van der Waals surface area (Å²) in [7, 11) is 0. The molecule has 1 rings (SSSR count). The summed E-state index contributed by atoms with van der Waals surface area (Å²) in [5, 5.41) is 0.723. The molecule has 54 valence electrons. The maximum atomic E-state index is 5.76. The molecule has 0 heterocycles. The van der Waals surface area contributed by atoms with Gasteiger partial charge in [0.15, 0.2) is 0 Å². The van der Waals surface area contributed by atoms with Crippen LogP contribution in [0, 0.1) is 0 Å². The smallest absolute Gasteiger partial charge is 0.0539 e. The van der Waals surface area contributed by atoms with Gasteiger partial charge in [-0.05, 0) is 24.1 Å². The molecule has 0 unspecified atom stereocenters. The van der Waals surface area contributed by atoms with Gasteiger partial charge in [0, 0.05) is 4.90 Å². The molecular formula is C8H9ClS. The van der Waals surface area contributed by atoms with Gasteiger partial charge in [0.25, 0.3) is 0 Å². The molecule has 10 heavy (non-hydrogen) atoms. The minimum atomic E-state index is 0.723. The molecule has 0 fully saturated rings. The number of halogens is 1. The maximum Gasteiger partial charge on any atom is 0.0539 e. The predicted octanol–water partition coefficient (Wildman–Crippen LogP) is 3.19. The quantitative estimate of drug-likeness (QED) is 0.618. The average molecular weight is 173 g/mol. The van der Waals surface area contributed by atoms with Crippen LogP contribution in [0.2, 0.25) is 5.02 Å². The van der Waals surface area contributed by atoms with Gasteiger partial charge in [-0.25, -0.2) is 0 Å². The van der Waals surface area contributed by atoms with Gasteiger partial charge in [-0.1, -0.05) is 24.6 Å². The molecule has 0 nitrogen and oxygen atoms in total. The number of thiol groups is 1. The van der Waals surface area contributed by atoms with Crippen LogP contribution in [-0.4, -0.2) is 0 Å². The van der Waals surface area contributed by atoms with Gasteiger partial charge in [-0.2, -0.15) is 0 Å². The average Bonchev–Trinajstić information content (AvgIpc) is 1.95. The Morgan fingerprint density at radius 2 is 2.20 bits per heavy atom. The van der Waals surface area contributed by atoms with Crippen molar-refractivity contribution in [3.8, 4) is 0 Å². The van der Waals surface area contributed by atoms with Crippen LogP contribution < -0.4 is 0 Å². The highest BCUT2D eigenvalue weighted by Gasteiger charge is 1.94. The van der Waals surface area contributed by atoms with E-state index in [0.29, 0.717) is 0 Å². The highest BCUT2D eigenvalue weighted by atomic mass is 35.5. The molecule has 1 aromatic rings. The molecule has 0 aromatic heterocycles. The number of hydrogen-bond donors (Lipinski definition) is 1. The van der Waals surface area contributed by atoms with Gasteiger partial charge in [0.05, 0.1) is 5.02 Å². The molecule has 0 saturated heterocycles. The van der Waals surface area contributed by atoms with E-state index in [0.717, 1.165) is 16.3 Å². The minimum Gasteiger partial charge on any atom is -0.142 e. The summed E-state index contributed by atoms with van der Waals surface area (Å²) in [6.07, 6.45) is 1.03. The third-order valence-corrected chi connectivity index (χ3v) is 2.25. The summed E-state index contributed by atoms with van der Waals surface area (Å²) in [5.41, 5.74) is 1.27. The summed E-state index contributed by atoms with van der Waals surface area (Å²) < 4.78 is 0. The van der Waals surface area contributed by atoms with E-state index in [2.05, 4.69) is 19.6 Å². The Balaban J connectivity index is 3.04. The van der Waals surface area contributed by atoms with Crippen LogP contribution in [0.1, 0.15) is 12.5 Å². The van der Waals surface area contributed by atoms with E-state index in [9.17, 15) is 0 Å². The van der Waals surface area contributed by atoms with Gasteiger partial charge in [0.1, 0.15) is 0 Å². The van der Waals surface area contributed by atoms with Gasteiger partial charge < -0.3 is 0 Å². The highest BCUT2D eigenvalue weighted by molar-refractivity contribution is 7.80. The number of benzene rings is 1. The van der Waals surface area contributed by atoms with Crippen LogP contribution >= 0.6 is 24.2 Å². The molecule has 0 N–H and O–H groups in total. The summed E-state index contributed by atoms with van der Waals surface area (Å²) >= 11 is 9.95. The van der Waals surface area contributed by atoms with Crippen LogP contribution in [0.25, 0.3) is 0 Å². The van der Waals surface area contributed by atoms with Gasteiger partial charge in [-0.3, -0.25) is 0 Å². The summed E-state index contributed by atoms with van der Waals surface area (Å²) in [6.45, 7) is 2.11. The zero-order valence-electron chi connectivity index (χ0n) is 5.76. The van der Waals surface area contributed by atoms with Crippen molar-refractivity contribution in [2.45, 2.75) is 18.2 Å². The van der Waals surface area contributed by atoms with Crippen molar-refractivity contribution in [1.82, 2.24) is 0 Å². The fourth-order valence-electron chi connectivity index (χ4n) is 0.778. The fraction of sp³-hybridized carbons (Fsp3) is 0.250. The number of hydrogen-bond acceptors (Lipinski definition) is 1. The lowest BCUT2D eigenvalue weighted by Crippen LogP contribution is -1.79. The molecule has 0 atom stereocenters. The first-order chi connectivity index (χ1) is 4.74. The molecule has 0 radical (unpaired) electrons. The number of aryl methyl sites for hydroxylation is 1. The van der Waals surface area contributed by atoms with E-state index in [4.69, 9.17) is 11.6 Å². The summed E-state index contributed by atoms with van der Waals surface area (Å²) in [4.78, 5) is 0.862. The lowest BCUT2D eigenvalue weighted by molar-refractivity contribution is 1.12. The molecule has 0 aliphatic carbocycles. The first-order valence-corrected chi connectivity index (χ1v) is 4.04. The van der Waals surface area contributed by atoms with Crippen molar-refractivity contribution in [2.24, 2.45) is 0 Å². The maximum absolute atomic E-state index is 5.76. The Morgan fingerprint density at radius 3 is 2.70 bits per heavy atom. The lowest BCUT2D eigenvalue weighted by Gasteiger charge is -1.98. The zero-order valence-corrected chi connectivity index (χ0v) is 7.41. The molecule has 2 heteroatoms. The van der Waals surface area contributed by atoms with Crippen molar-refractivity contribution < 1.29 is 0 Å². The third-order valence-electron chi connectivity index (χ3n) is 1.42. The second-order valence-corrected chi connectivity index (χ2v) is 3.03. The molecule has 0 aliphatic heterocycles. The molecule has 0 saturated carbocycles. The largest absolute Gasteiger partial charge is 0.142 e. The van der Waals surface area contributed by atoms with Crippen LogP contribution in [0.15, 0.2) is 23.1 Å².